The zero-order valence-electron chi connectivity index (χ0n) is 20.7. The monoisotopic (exact) mass is 558 g/mol. The number of ether oxygens (including phenoxy) is 1. The fraction of sp³-hybridized carbons (Fsp3) is 0.280. The number of nitrogens with zero attached hydrogens (tertiary/aromatic N) is 4. The summed E-state index contributed by atoms with van der Waals surface area (Å²) in [5.74, 6) is -3.65. The van der Waals surface area contributed by atoms with Crippen LogP contribution >= 0.6 is 11.3 Å². The number of carbonyl (C=O) groups is 3. The summed E-state index contributed by atoms with van der Waals surface area (Å²) in [6.45, 7) is 0.657. The van der Waals surface area contributed by atoms with Gasteiger partial charge >= 0.3 is 12.1 Å². The number of benzene rings is 2. The standard InChI is InChI=1S/C25H24F2N6O5S/c1-15(34)33(29-13-18-4-2-6-20(26)22(18)27)19(5-3-7-21(35)36)14-38-25(37)30-24-32-31-23(39-24)17-10-8-16(12-28)9-11-17/h2,4,6,8-11,19,29H,3,5,7,13-14H2,1H3,(H,35,36)(H,30,32,37)/t19-/m0/s1. The number of amides is 2. The van der Waals surface area contributed by atoms with Gasteiger partial charge in [-0.2, -0.15) is 5.26 Å². The van der Waals surface area contributed by atoms with Crippen LogP contribution in [0.4, 0.5) is 18.7 Å². The molecule has 0 fully saturated rings. The zero-order valence-corrected chi connectivity index (χ0v) is 21.5. The van der Waals surface area contributed by atoms with Gasteiger partial charge in [-0.15, -0.1) is 10.2 Å². The molecule has 14 heteroatoms. The molecule has 0 saturated carbocycles. The van der Waals surface area contributed by atoms with Gasteiger partial charge in [0.15, 0.2) is 11.6 Å². The highest BCUT2D eigenvalue weighted by atomic mass is 32.1. The molecule has 0 unspecified atom stereocenters. The Morgan fingerprint density at radius 1 is 1.18 bits per heavy atom. The van der Waals surface area contributed by atoms with Crippen molar-refractivity contribution in [2.45, 2.75) is 38.8 Å². The van der Waals surface area contributed by atoms with E-state index in [-0.39, 0.29) is 43.1 Å². The fourth-order valence-corrected chi connectivity index (χ4v) is 4.24. The molecule has 3 N–H and O–H groups in total. The van der Waals surface area contributed by atoms with E-state index in [1.165, 1.54) is 19.1 Å². The highest BCUT2D eigenvalue weighted by Gasteiger charge is 2.24. The highest BCUT2D eigenvalue weighted by molar-refractivity contribution is 7.18. The molecule has 1 atom stereocenters. The molecule has 11 nitrogen and oxygen atoms in total. The van der Waals surface area contributed by atoms with E-state index in [0.29, 0.717) is 16.1 Å². The number of nitriles is 1. The number of anilines is 1. The van der Waals surface area contributed by atoms with Crippen molar-refractivity contribution in [3.05, 3.63) is 65.2 Å². The van der Waals surface area contributed by atoms with Crippen LogP contribution < -0.4 is 10.7 Å². The van der Waals surface area contributed by atoms with Gasteiger partial charge in [-0.3, -0.25) is 19.9 Å². The van der Waals surface area contributed by atoms with Crippen LogP contribution in [-0.2, 0) is 20.9 Å². The van der Waals surface area contributed by atoms with E-state index < -0.39 is 35.6 Å². The summed E-state index contributed by atoms with van der Waals surface area (Å²) >= 11 is 1.07. The number of aromatic nitrogens is 2. The number of halogens is 2. The van der Waals surface area contributed by atoms with Crippen LogP contribution in [0.2, 0.25) is 0 Å². The lowest BCUT2D eigenvalue weighted by atomic mass is 10.1. The molecule has 0 saturated heterocycles. The van der Waals surface area contributed by atoms with Crippen LogP contribution in [0.3, 0.4) is 0 Å². The van der Waals surface area contributed by atoms with Gasteiger partial charge in [-0.1, -0.05) is 35.6 Å². The van der Waals surface area contributed by atoms with Gasteiger partial charge in [0.1, 0.15) is 11.6 Å². The maximum Gasteiger partial charge on any atom is 0.413 e. The third-order valence-corrected chi connectivity index (χ3v) is 6.29. The number of aliphatic carboxylic acids is 1. The van der Waals surface area contributed by atoms with Gasteiger partial charge in [-0.05, 0) is 31.0 Å². The molecule has 0 spiro atoms. The van der Waals surface area contributed by atoms with Gasteiger partial charge in [0.25, 0.3) is 0 Å². The summed E-state index contributed by atoms with van der Waals surface area (Å²) in [5.41, 5.74) is 3.88. The molecule has 1 aromatic heterocycles. The summed E-state index contributed by atoms with van der Waals surface area (Å²) in [6, 6.07) is 11.5. The van der Waals surface area contributed by atoms with Crippen LogP contribution in [-0.4, -0.2) is 50.9 Å². The van der Waals surface area contributed by atoms with E-state index in [1.54, 1.807) is 24.3 Å². The molecule has 39 heavy (non-hydrogen) atoms. The molecule has 0 aliphatic carbocycles. The number of nitrogens with one attached hydrogen (secondary N) is 2. The second-order valence-electron chi connectivity index (χ2n) is 8.20. The van der Waals surface area contributed by atoms with Crippen molar-refractivity contribution in [2.24, 2.45) is 0 Å². The van der Waals surface area contributed by atoms with Crippen LogP contribution in [0.15, 0.2) is 42.5 Å². The summed E-state index contributed by atoms with van der Waals surface area (Å²) in [6.07, 6.45) is -0.773. The minimum Gasteiger partial charge on any atom is -0.481 e. The minimum absolute atomic E-state index is 0.0291. The number of hydrogen-bond acceptors (Lipinski definition) is 9. The molecule has 3 rings (SSSR count). The first-order chi connectivity index (χ1) is 18.7. The maximum absolute atomic E-state index is 14.1. The van der Waals surface area contributed by atoms with Gasteiger partial charge < -0.3 is 9.84 Å². The number of hydrazine groups is 1. The van der Waals surface area contributed by atoms with Gasteiger partial charge in [0, 0.05) is 31.0 Å². The predicted octanol–water partition coefficient (Wildman–Crippen LogP) is 4.08. The van der Waals surface area contributed by atoms with E-state index in [2.05, 4.69) is 20.9 Å². The summed E-state index contributed by atoms with van der Waals surface area (Å²) in [5, 5.41) is 30.0. The number of carboxylic acid groups (broad SMARTS) is 1. The average Bonchev–Trinajstić information content (AvgIpc) is 3.37. The molecule has 2 amide bonds. The topological polar surface area (TPSA) is 158 Å². The minimum atomic E-state index is -1.07. The Morgan fingerprint density at radius 3 is 2.59 bits per heavy atom. The average molecular weight is 559 g/mol. The molecular formula is C25H24F2N6O5S. The lowest BCUT2D eigenvalue weighted by Gasteiger charge is -2.31. The van der Waals surface area contributed by atoms with Crippen molar-refractivity contribution in [3.63, 3.8) is 0 Å². The van der Waals surface area contributed by atoms with Gasteiger partial charge in [0.05, 0.1) is 17.7 Å². The first-order valence-corrected chi connectivity index (χ1v) is 12.5. The third kappa shape index (κ3) is 8.52. The van der Waals surface area contributed by atoms with Gasteiger partial charge in [0.2, 0.25) is 11.0 Å². The molecule has 204 valence electrons. The molecular weight excluding hydrogens is 534 g/mol. The lowest BCUT2D eigenvalue weighted by molar-refractivity contribution is -0.137. The highest BCUT2D eigenvalue weighted by Crippen LogP contribution is 2.26. The molecule has 2 aromatic carbocycles. The van der Waals surface area contributed by atoms with Crippen LogP contribution in [0, 0.1) is 23.0 Å². The quantitative estimate of drug-likeness (QED) is 0.279. The molecule has 0 bridgehead atoms. The Morgan fingerprint density at radius 2 is 1.92 bits per heavy atom. The number of carboxylic acids is 1. The molecule has 0 radical (unpaired) electrons. The Kier molecular flexibility index (Phi) is 10.4. The predicted molar refractivity (Wildman–Crippen MR) is 136 cm³/mol. The first-order valence-electron chi connectivity index (χ1n) is 11.6. The Balaban J connectivity index is 1.64. The van der Waals surface area contributed by atoms with E-state index in [4.69, 9.17) is 15.1 Å². The molecule has 1 heterocycles. The molecule has 0 aliphatic rings. The second kappa shape index (κ2) is 13.9. The fourth-order valence-electron chi connectivity index (χ4n) is 3.50. The zero-order chi connectivity index (χ0) is 28.4. The summed E-state index contributed by atoms with van der Waals surface area (Å²) in [4.78, 5) is 35.8. The van der Waals surface area contributed by atoms with Crippen molar-refractivity contribution in [2.75, 3.05) is 11.9 Å². The van der Waals surface area contributed by atoms with Crippen molar-refractivity contribution in [1.29, 1.82) is 5.26 Å². The second-order valence-corrected chi connectivity index (χ2v) is 9.18. The van der Waals surface area contributed by atoms with Crippen molar-refractivity contribution < 1.29 is 33.0 Å². The number of rotatable bonds is 12. The van der Waals surface area contributed by atoms with Crippen molar-refractivity contribution >= 4 is 34.4 Å². The number of carbonyl (C=O) groups excluding carboxylic acids is 2. The number of hydrogen-bond donors (Lipinski definition) is 3. The van der Waals surface area contributed by atoms with Crippen LogP contribution in [0.25, 0.3) is 10.6 Å². The Hall–Kier alpha value is -4.48. The molecule has 3 aromatic rings. The third-order valence-electron chi connectivity index (χ3n) is 5.41. The van der Waals surface area contributed by atoms with E-state index in [9.17, 15) is 23.2 Å². The molecule has 0 aliphatic heterocycles. The summed E-state index contributed by atoms with van der Waals surface area (Å²) < 4.78 is 32.9. The largest absolute Gasteiger partial charge is 0.481 e. The van der Waals surface area contributed by atoms with Crippen molar-refractivity contribution in [3.8, 4) is 16.6 Å². The first kappa shape index (κ1) is 29.1. The maximum atomic E-state index is 14.1. The van der Waals surface area contributed by atoms with Gasteiger partial charge in [-0.25, -0.2) is 19.0 Å². The van der Waals surface area contributed by atoms with E-state index >= 15 is 0 Å². The van der Waals surface area contributed by atoms with E-state index in [1.807, 2.05) is 6.07 Å². The normalized spacial score (nSPS) is 11.3. The summed E-state index contributed by atoms with van der Waals surface area (Å²) in [7, 11) is 0. The van der Waals surface area contributed by atoms with Crippen LogP contribution in [0.5, 0.6) is 0 Å². The SMILES string of the molecule is CC(=O)N(NCc1cccc(F)c1F)[C@@H](CCCC(=O)O)COC(=O)Nc1nnc(-c2ccc(C#N)cc2)s1. The van der Waals surface area contributed by atoms with E-state index in [0.717, 1.165) is 22.4 Å². The smallest absolute Gasteiger partial charge is 0.413 e. The Labute approximate surface area is 226 Å². The lowest BCUT2D eigenvalue weighted by Crippen LogP contribution is -2.50. The van der Waals surface area contributed by atoms with Crippen molar-refractivity contribution in [1.82, 2.24) is 20.6 Å². The van der Waals surface area contributed by atoms with Crippen LogP contribution in [0.1, 0.15) is 37.3 Å². The Bertz CT molecular complexity index is 1360.